The number of carbonyl (C=O) groups is 1. The summed E-state index contributed by atoms with van der Waals surface area (Å²) in [6.07, 6.45) is 1.98. The monoisotopic (exact) mass is 369 g/mol. The molecule has 6 heteroatoms. The highest BCUT2D eigenvalue weighted by Crippen LogP contribution is 2.40. The van der Waals surface area contributed by atoms with E-state index in [1.54, 1.807) is 14.2 Å². The molecule has 2 aliphatic heterocycles. The Morgan fingerprint density at radius 1 is 1.07 bits per heavy atom. The van der Waals surface area contributed by atoms with Crippen LogP contribution in [0.5, 0.6) is 23.0 Å². The zero-order valence-corrected chi connectivity index (χ0v) is 15.6. The highest BCUT2D eigenvalue weighted by molar-refractivity contribution is 5.81. The molecule has 4 rings (SSSR count). The highest BCUT2D eigenvalue weighted by atomic mass is 16.5. The SMILES string of the molecule is COc1ccc(CNC(=O)Cc2c3c(cc4c2OCC4)OCC3)cc1OC. The molecule has 0 bridgehead atoms. The van der Waals surface area contributed by atoms with Gasteiger partial charge in [0, 0.05) is 36.1 Å². The van der Waals surface area contributed by atoms with Crippen LogP contribution in [0.1, 0.15) is 22.3 Å². The maximum absolute atomic E-state index is 12.6. The van der Waals surface area contributed by atoms with Gasteiger partial charge in [-0.2, -0.15) is 0 Å². The molecule has 0 saturated carbocycles. The van der Waals surface area contributed by atoms with E-state index in [4.69, 9.17) is 18.9 Å². The van der Waals surface area contributed by atoms with Gasteiger partial charge in [0.1, 0.15) is 11.5 Å². The number of rotatable bonds is 6. The van der Waals surface area contributed by atoms with Gasteiger partial charge in [-0.05, 0) is 23.8 Å². The first kappa shape index (κ1) is 17.5. The van der Waals surface area contributed by atoms with Crippen molar-refractivity contribution in [2.45, 2.75) is 25.8 Å². The molecule has 0 radical (unpaired) electrons. The van der Waals surface area contributed by atoms with Crippen molar-refractivity contribution in [2.75, 3.05) is 27.4 Å². The maximum Gasteiger partial charge on any atom is 0.224 e. The van der Waals surface area contributed by atoms with Crippen LogP contribution in [0.2, 0.25) is 0 Å². The van der Waals surface area contributed by atoms with Gasteiger partial charge in [0.05, 0.1) is 33.9 Å². The van der Waals surface area contributed by atoms with Crippen LogP contribution in [-0.4, -0.2) is 33.3 Å². The van der Waals surface area contributed by atoms with Crippen LogP contribution in [0.15, 0.2) is 24.3 Å². The van der Waals surface area contributed by atoms with E-state index in [1.165, 1.54) is 0 Å². The van der Waals surface area contributed by atoms with Crippen LogP contribution in [0.3, 0.4) is 0 Å². The molecule has 0 aromatic heterocycles. The second kappa shape index (κ2) is 7.39. The lowest BCUT2D eigenvalue weighted by atomic mass is 9.97. The number of ether oxygens (including phenoxy) is 4. The topological polar surface area (TPSA) is 66.0 Å². The first-order chi connectivity index (χ1) is 13.2. The van der Waals surface area contributed by atoms with Gasteiger partial charge < -0.3 is 24.3 Å². The minimum atomic E-state index is -0.0391. The Hall–Kier alpha value is -2.89. The van der Waals surface area contributed by atoms with E-state index < -0.39 is 0 Å². The molecule has 0 saturated heterocycles. The van der Waals surface area contributed by atoms with Gasteiger partial charge in [-0.1, -0.05) is 6.07 Å². The normalized spacial score (nSPS) is 14.0. The molecule has 0 aliphatic carbocycles. The Balaban J connectivity index is 1.47. The Bertz CT molecular complexity index is 845. The summed E-state index contributed by atoms with van der Waals surface area (Å²) in [6.45, 7) is 1.75. The molecule has 0 atom stereocenters. The van der Waals surface area contributed by atoms with Gasteiger partial charge in [0.15, 0.2) is 11.5 Å². The summed E-state index contributed by atoms with van der Waals surface area (Å²) >= 11 is 0. The zero-order valence-electron chi connectivity index (χ0n) is 15.6. The minimum Gasteiger partial charge on any atom is -0.493 e. The summed E-state index contributed by atoms with van der Waals surface area (Å²) in [7, 11) is 3.20. The number of fused-ring (bicyclic) bond motifs is 2. The van der Waals surface area contributed by atoms with Gasteiger partial charge in [-0.15, -0.1) is 0 Å². The largest absolute Gasteiger partial charge is 0.493 e. The van der Waals surface area contributed by atoms with Crippen molar-refractivity contribution in [3.8, 4) is 23.0 Å². The predicted octanol–water partition coefficient (Wildman–Crippen LogP) is 2.43. The fourth-order valence-electron chi connectivity index (χ4n) is 3.69. The quantitative estimate of drug-likeness (QED) is 0.847. The van der Waals surface area contributed by atoms with E-state index in [0.29, 0.717) is 37.7 Å². The second-order valence-corrected chi connectivity index (χ2v) is 6.66. The third kappa shape index (κ3) is 3.39. The van der Waals surface area contributed by atoms with Gasteiger partial charge in [-0.3, -0.25) is 4.79 Å². The summed E-state index contributed by atoms with van der Waals surface area (Å²) in [6, 6.07) is 7.68. The summed E-state index contributed by atoms with van der Waals surface area (Å²) < 4.78 is 22.1. The average molecular weight is 369 g/mol. The highest BCUT2D eigenvalue weighted by Gasteiger charge is 2.27. The average Bonchev–Trinajstić information content (AvgIpc) is 3.35. The third-order valence-corrected chi connectivity index (χ3v) is 5.04. The van der Waals surface area contributed by atoms with Gasteiger partial charge >= 0.3 is 0 Å². The summed E-state index contributed by atoms with van der Waals surface area (Å²) in [4.78, 5) is 12.6. The molecule has 2 aliphatic rings. The fourth-order valence-corrected chi connectivity index (χ4v) is 3.69. The van der Waals surface area contributed by atoms with Crippen molar-refractivity contribution >= 4 is 5.91 Å². The molecular weight excluding hydrogens is 346 g/mol. The molecule has 0 unspecified atom stereocenters. The molecule has 0 spiro atoms. The van der Waals surface area contributed by atoms with Crippen molar-refractivity contribution in [1.29, 1.82) is 0 Å². The number of benzene rings is 2. The number of amides is 1. The molecule has 2 aromatic carbocycles. The van der Waals surface area contributed by atoms with E-state index >= 15 is 0 Å². The molecule has 6 nitrogen and oxygen atoms in total. The van der Waals surface area contributed by atoms with E-state index in [2.05, 4.69) is 11.4 Å². The van der Waals surface area contributed by atoms with Crippen molar-refractivity contribution in [3.63, 3.8) is 0 Å². The number of carbonyl (C=O) groups excluding carboxylic acids is 1. The van der Waals surface area contributed by atoms with Crippen LogP contribution >= 0.6 is 0 Å². The van der Waals surface area contributed by atoms with Crippen molar-refractivity contribution in [2.24, 2.45) is 0 Å². The number of methoxy groups -OCH3 is 2. The standard InChI is InChI=1S/C21H23NO5/c1-24-17-4-3-13(9-19(17)25-2)12-22-20(23)11-16-15-6-8-26-18(15)10-14-5-7-27-21(14)16/h3-4,9-10H,5-8,11-12H2,1-2H3,(H,22,23). The zero-order chi connectivity index (χ0) is 18.8. The molecule has 1 amide bonds. The lowest BCUT2D eigenvalue weighted by Crippen LogP contribution is -2.25. The van der Waals surface area contributed by atoms with Gasteiger partial charge in [0.2, 0.25) is 5.91 Å². The first-order valence-electron chi connectivity index (χ1n) is 9.10. The van der Waals surface area contributed by atoms with E-state index in [0.717, 1.165) is 46.6 Å². The Morgan fingerprint density at radius 3 is 2.70 bits per heavy atom. The summed E-state index contributed by atoms with van der Waals surface area (Å²) in [5.41, 5.74) is 4.17. The molecular formula is C21H23NO5. The number of hydrogen-bond donors (Lipinski definition) is 1. The van der Waals surface area contributed by atoms with E-state index in [9.17, 15) is 4.79 Å². The minimum absolute atomic E-state index is 0.0391. The molecule has 2 heterocycles. The number of nitrogens with one attached hydrogen (secondary N) is 1. The second-order valence-electron chi connectivity index (χ2n) is 6.66. The fraction of sp³-hybridized carbons (Fsp3) is 0.381. The smallest absolute Gasteiger partial charge is 0.224 e. The molecule has 1 N–H and O–H groups in total. The summed E-state index contributed by atoms with van der Waals surface area (Å²) in [5.74, 6) is 3.05. The summed E-state index contributed by atoms with van der Waals surface area (Å²) in [5, 5.41) is 2.99. The van der Waals surface area contributed by atoms with Crippen molar-refractivity contribution in [3.05, 3.63) is 46.5 Å². The molecule has 142 valence electrons. The number of hydrogen-bond acceptors (Lipinski definition) is 5. The van der Waals surface area contributed by atoms with Crippen LogP contribution in [0.4, 0.5) is 0 Å². The molecule has 0 fully saturated rings. The van der Waals surface area contributed by atoms with Gasteiger partial charge in [-0.25, -0.2) is 0 Å². The van der Waals surface area contributed by atoms with Gasteiger partial charge in [0.25, 0.3) is 0 Å². The lowest BCUT2D eigenvalue weighted by Gasteiger charge is -2.13. The van der Waals surface area contributed by atoms with E-state index in [1.807, 2.05) is 18.2 Å². The van der Waals surface area contributed by atoms with Crippen LogP contribution in [0, 0.1) is 0 Å². The molecule has 27 heavy (non-hydrogen) atoms. The molecule has 2 aromatic rings. The maximum atomic E-state index is 12.6. The van der Waals surface area contributed by atoms with Crippen LogP contribution in [0.25, 0.3) is 0 Å². The van der Waals surface area contributed by atoms with Crippen molar-refractivity contribution in [1.82, 2.24) is 5.32 Å². The Labute approximate surface area is 158 Å². The van der Waals surface area contributed by atoms with Crippen LogP contribution < -0.4 is 24.3 Å². The van der Waals surface area contributed by atoms with Crippen LogP contribution in [-0.2, 0) is 30.6 Å². The predicted molar refractivity (Wildman–Crippen MR) is 99.9 cm³/mol. The Morgan fingerprint density at radius 2 is 1.89 bits per heavy atom. The van der Waals surface area contributed by atoms with Crippen molar-refractivity contribution < 1.29 is 23.7 Å². The third-order valence-electron chi connectivity index (χ3n) is 5.04. The first-order valence-corrected chi connectivity index (χ1v) is 9.10. The lowest BCUT2D eigenvalue weighted by molar-refractivity contribution is -0.120. The Kier molecular flexibility index (Phi) is 4.79. The van der Waals surface area contributed by atoms with E-state index in [-0.39, 0.29) is 5.91 Å².